The number of fused-ring (bicyclic) bond motifs is 1. The van der Waals surface area contributed by atoms with Crippen molar-refractivity contribution < 1.29 is 24.1 Å². The molecule has 4 aromatic rings. The third-order valence-corrected chi connectivity index (χ3v) is 7.40. The molecule has 0 amide bonds. The van der Waals surface area contributed by atoms with Crippen LogP contribution in [0.2, 0.25) is 0 Å². The van der Waals surface area contributed by atoms with Crippen LogP contribution < -0.4 is 10.6 Å². The molecule has 1 aromatic carbocycles. The van der Waals surface area contributed by atoms with E-state index in [0.29, 0.717) is 16.4 Å². The third kappa shape index (κ3) is 4.60. The van der Waals surface area contributed by atoms with Crippen LogP contribution in [0.25, 0.3) is 20.8 Å². The second-order valence-electron chi connectivity index (χ2n) is 8.68. The Bertz CT molecular complexity index is 1380. The van der Waals surface area contributed by atoms with Gasteiger partial charge in [-0.2, -0.15) is 4.98 Å². The number of aromatic nitrogens is 4. The zero-order valence-electron chi connectivity index (χ0n) is 19.2. The number of hydrogen-bond acceptors (Lipinski definition) is 10. The molecule has 1 fully saturated rings. The number of hydrogen-bond donors (Lipinski definition) is 5. The van der Waals surface area contributed by atoms with E-state index in [2.05, 4.69) is 25.6 Å². The summed E-state index contributed by atoms with van der Waals surface area (Å²) < 4.78 is 29.0. The van der Waals surface area contributed by atoms with E-state index in [1.165, 1.54) is 35.7 Å². The van der Waals surface area contributed by atoms with Gasteiger partial charge < -0.3 is 26.0 Å². The van der Waals surface area contributed by atoms with Gasteiger partial charge in [-0.1, -0.05) is 6.07 Å². The zero-order valence-corrected chi connectivity index (χ0v) is 20.0. The highest BCUT2D eigenvalue weighted by atomic mass is 32.1. The van der Waals surface area contributed by atoms with Crippen LogP contribution in [0, 0.1) is 24.5 Å². The van der Waals surface area contributed by atoms with E-state index in [1.54, 1.807) is 6.20 Å². The maximum atomic E-state index is 14.1. The largest absolute Gasteiger partial charge is 0.396 e. The highest BCUT2D eigenvalue weighted by molar-refractivity contribution is 7.21. The van der Waals surface area contributed by atoms with Crippen molar-refractivity contribution in [1.82, 2.24) is 19.9 Å². The normalized spacial score (nSPS) is 21.7. The number of aliphatic hydroxyl groups is 3. The van der Waals surface area contributed by atoms with E-state index in [1.807, 2.05) is 13.0 Å². The predicted molar refractivity (Wildman–Crippen MR) is 131 cm³/mol. The summed E-state index contributed by atoms with van der Waals surface area (Å²) in [4.78, 5) is 17.8. The van der Waals surface area contributed by atoms with Crippen LogP contribution in [0.1, 0.15) is 17.7 Å². The molecule has 12 heteroatoms. The molecule has 0 spiro atoms. The maximum Gasteiger partial charge on any atom is 0.224 e. The lowest BCUT2D eigenvalue weighted by Crippen LogP contribution is -2.38. The Hall–Kier alpha value is -3.32. The fraction of sp³-hybridized carbons (Fsp3) is 0.333. The van der Waals surface area contributed by atoms with E-state index in [9.17, 15) is 24.1 Å². The van der Waals surface area contributed by atoms with Crippen molar-refractivity contribution in [2.75, 3.05) is 17.2 Å². The minimum absolute atomic E-state index is 0.0939. The van der Waals surface area contributed by atoms with Crippen LogP contribution in [0.5, 0.6) is 0 Å². The molecular weight excluding hydrogens is 490 g/mol. The second kappa shape index (κ2) is 9.97. The van der Waals surface area contributed by atoms with Crippen molar-refractivity contribution in [1.29, 1.82) is 0 Å². The van der Waals surface area contributed by atoms with Gasteiger partial charge in [0.25, 0.3) is 0 Å². The topological polar surface area (TPSA) is 136 Å². The Balaban J connectivity index is 1.52. The summed E-state index contributed by atoms with van der Waals surface area (Å²) in [7, 11) is 0. The number of pyridine rings is 1. The highest BCUT2D eigenvalue weighted by Gasteiger charge is 2.41. The van der Waals surface area contributed by atoms with E-state index in [0.717, 1.165) is 15.9 Å². The van der Waals surface area contributed by atoms with Crippen LogP contribution in [0.3, 0.4) is 0 Å². The summed E-state index contributed by atoms with van der Waals surface area (Å²) >= 11 is 1.41. The first-order valence-electron chi connectivity index (χ1n) is 11.4. The minimum atomic E-state index is -1.13. The summed E-state index contributed by atoms with van der Waals surface area (Å²) in [5, 5.41) is 37.0. The minimum Gasteiger partial charge on any atom is -0.396 e. The molecule has 0 bridgehead atoms. The molecule has 188 valence electrons. The Kier molecular flexibility index (Phi) is 6.75. The summed E-state index contributed by atoms with van der Waals surface area (Å²) in [6.07, 6.45) is 1.33. The average molecular weight is 515 g/mol. The fourth-order valence-corrected chi connectivity index (χ4v) is 5.39. The number of nitrogens with one attached hydrogen (secondary N) is 2. The Morgan fingerprint density at radius 1 is 1.11 bits per heavy atom. The highest BCUT2D eigenvalue weighted by Crippen LogP contribution is 2.37. The lowest BCUT2D eigenvalue weighted by molar-refractivity contribution is 0.0390. The molecule has 0 radical (unpaired) electrons. The van der Waals surface area contributed by atoms with Crippen molar-refractivity contribution in [3.8, 4) is 10.6 Å². The molecule has 9 nitrogen and oxygen atoms in total. The van der Waals surface area contributed by atoms with Crippen LogP contribution in [-0.2, 0) is 6.54 Å². The van der Waals surface area contributed by atoms with Crippen LogP contribution in [0.15, 0.2) is 36.7 Å². The zero-order chi connectivity index (χ0) is 25.4. The van der Waals surface area contributed by atoms with Gasteiger partial charge in [-0.15, -0.1) is 11.3 Å². The molecule has 4 atom stereocenters. The summed E-state index contributed by atoms with van der Waals surface area (Å²) in [5.41, 5.74) is 1.89. The predicted octanol–water partition coefficient (Wildman–Crippen LogP) is 2.86. The number of anilines is 2. The van der Waals surface area contributed by atoms with E-state index in [4.69, 9.17) is 4.98 Å². The van der Waals surface area contributed by atoms with Gasteiger partial charge in [-0.25, -0.2) is 18.7 Å². The third-order valence-electron chi connectivity index (χ3n) is 6.35. The molecule has 0 saturated heterocycles. The smallest absolute Gasteiger partial charge is 0.224 e. The van der Waals surface area contributed by atoms with Crippen LogP contribution in [-0.4, -0.2) is 60.1 Å². The molecule has 3 heterocycles. The molecular formula is C24H24F2N6O3S. The summed E-state index contributed by atoms with van der Waals surface area (Å²) in [5.74, 6) is -1.41. The SMILES string of the molecule is Cc1nccc2sc(-c3cnc(NCc4c(F)cccc4F)nc3N[C@@H]3[C@H](CO)C[C@@H](O)[C@H]3O)nc12. The molecule has 0 aliphatic heterocycles. The lowest BCUT2D eigenvalue weighted by Gasteiger charge is -2.24. The first kappa shape index (κ1) is 24.4. The van der Waals surface area contributed by atoms with Crippen molar-refractivity contribution in [2.24, 2.45) is 5.92 Å². The standard InChI is InChI=1S/C24H24F2N6O3S/c1-11-19-18(5-6-27-11)36-23(31-19)14-9-29-24(28-8-13-15(25)3-2-4-16(13)26)32-22(14)30-20-12(10-33)7-17(34)21(20)35/h2-6,9,12,17,20-21,33-35H,7-8,10H2,1H3,(H2,28,29,30,32)/t12-,17+,20+,21+/m0/s1. The number of halogens is 2. The van der Waals surface area contributed by atoms with E-state index in [-0.39, 0.29) is 31.1 Å². The molecule has 1 aliphatic carbocycles. The van der Waals surface area contributed by atoms with Crippen LogP contribution >= 0.6 is 11.3 Å². The maximum absolute atomic E-state index is 14.1. The van der Waals surface area contributed by atoms with Gasteiger partial charge in [0.2, 0.25) is 5.95 Å². The molecule has 0 unspecified atom stereocenters. The van der Waals surface area contributed by atoms with Gasteiger partial charge >= 0.3 is 0 Å². The van der Waals surface area contributed by atoms with Gasteiger partial charge in [0.05, 0.1) is 28.1 Å². The lowest BCUT2D eigenvalue weighted by atomic mass is 10.0. The molecule has 1 saturated carbocycles. The Morgan fingerprint density at radius 3 is 2.61 bits per heavy atom. The van der Waals surface area contributed by atoms with Gasteiger partial charge in [0.1, 0.15) is 34.1 Å². The number of aryl methyl sites for hydroxylation is 1. The molecule has 1 aliphatic rings. The van der Waals surface area contributed by atoms with Crippen LogP contribution in [0.4, 0.5) is 20.5 Å². The number of benzene rings is 1. The van der Waals surface area contributed by atoms with Crippen molar-refractivity contribution in [3.05, 3.63) is 59.6 Å². The first-order valence-corrected chi connectivity index (χ1v) is 12.2. The number of rotatable bonds is 7. The number of nitrogens with zero attached hydrogens (tertiary/aromatic N) is 4. The van der Waals surface area contributed by atoms with E-state index >= 15 is 0 Å². The average Bonchev–Trinajstić information content (AvgIpc) is 3.41. The van der Waals surface area contributed by atoms with Crippen molar-refractivity contribution in [2.45, 2.75) is 38.1 Å². The van der Waals surface area contributed by atoms with Crippen molar-refractivity contribution in [3.63, 3.8) is 0 Å². The first-order chi connectivity index (χ1) is 17.4. The van der Waals surface area contributed by atoms with Crippen molar-refractivity contribution >= 4 is 33.3 Å². The molecule has 5 rings (SSSR count). The monoisotopic (exact) mass is 514 g/mol. The molecule has 3 aromatic heterocycles. The fourth-order valence-electron chi connectivity index (χ4n) is 4.36. The van der Waals surface area contributed by atoms with Gasteiger partial charge in [0, 0.05) is 37.0 Å². The molecule has 36 heavy (non-hydrogen) atoms. The Morgan fingerprint density at radius 2 is 1.89 bits per heavy atom. The van der Waals surface area contributed by atoms with Gasteiger partial charge in [0.15, 0.2) is 0 Å². The van der Waals surface area contributed by atoms with Gasteiger partial charge in [-0.3, -0.25) is 4.98 Å². The number of aliphatic hydroxyl groups excluding tert-OH is 3. The summed E-state index contributed by atoms with van der Waals surface area (Å²) in [6.45, 7) is 1.43. The second-order valence-corrected chi connectivity index (χ2v) is 9.71. The summed E-state index contributed by atoms with van der Waals surface area (Å²) in [6, 6.07) is 4.80. The Labute approximate surface area is 208 Å². The quantitative estimate of drug-likeness (QED) is 0.252. The van der Waals surface area contributed by atoms with Gasteiger partial charge in [-0.05, 0) is 31.5 Å². The number of thiazole rings is 1. The molecule has 5 N–H and O–H groups in total. The van der Waals surface area contributed by atoms with E-state index < -0.39 is 35.8 Å².